The van der Waals surface area contributed by atoms with Crippen molar-refractivity contribution in [2.75, 3.05) is 10.2 Å². The van der Waals surface area contributed by atoms with Crippen LogP contribution in [-0.2, 0) is 9.59 Å². The number of nitrogens with one attached hydrogen (secondary N) is 1. The van der Waals surface area contributed by atoms with Gasteiger partial charge in [-0.2, -0.15) is 0 Å². The molecule has 2 amide bonds. The molecule has 1 aliphatic rings. The summed E-state index contributed by atoms with van der Waals surface area (Å²) in [5.41, 5.74) is 3.44. The Labute approximate surface area is 140 Å². The van der Waals surface area contributed by atoms with Gasteiger partial charge in [0.2, 0.25) is 5.91 Å². The zero-order chi connectivity index (χ0) is 16.6. The van der Waals surface area contributed by atoms with Gasteiger partial charge < -0.3 is 5.32 Å². The van der Waals surface area contributed by atoms with Crippen molar-refractivity contribution in [3.05, 3.63) is 58.6 Å². The topological polar surface area (TPSA) is 49.4 Å². The van der Waals surface area contributed by atoms with E-state index < -0.39 is 6.04 Å². The Kier molecular flexibility index (Phi) is 4.09. The van der Waals surface area contributed by atoms with E-state index in [1.165, 1.54) is 4.90 Å². The van der Waals surface area contributed by atoms with Gasteiger partial charge in [0.25, 0.3) is 5.91 Å². The van der Waals surface area contributed by atoms with Crippen molar-refractivity contribution < 1.29 is 9.59 Å². The molecule has 23 heavy (non-hydrogen) atoms. The number of halogens is 1. The van der Waals surface area contributed by atoms with E-state index in [0.29, 0.717) is 10.7 Å². The van der Waals surface area contributed by atoms with Gasteiger partial charge in [-0.05, 0) is 49.7 Å². The summed E-state index contributed by atoms with van der Waals surface area (Å²) in [5, 5.41) is 3.73. The van der Waals surface area contributed by atoms with Gasteiger partial charge in [0.1, 0.15) is 6.04 Å². The molecular weight excluding hydrogens is 312 g/mol. The third-order valence-corrected chi connectivity index (χ3v) is 4.18. The molecule has 0 aromatic heterocycles. The van der Waals surface area contributed by atoms with E-state index in [0.717, 1.165) is 16.8 Å². The lowest BCUT2D eigenvalue weighted by molar-refractivity contribution is -0.121. The Balaban J connectivity index is 1.83. The Morgan fingerprint density at radius 2 is 1.78 bits per heavy atom. The van der Waals surface area contributed by atoms with E-state index in [4.69, 9.17) is 11.6 Å². The molecule has 1 heterocycles. The lowest BCUT2D eigenvalue weighted by atomic mass is 10.1. The van der Waals surface area contributed by atoms with Crippen LogP contribution in [0.15, 0.2) is 42.5 Å². The molecule has 2 aromatic carbocycles. The summed E-state index contributed by atoms with van der Waals surface area (Å²) < 4.78 is 0. The highest BCUT2D eigenvalue weighted by atomic mass is 35.5. The predicted octanol–water partition coefficient (Wildman–Crippen LogP) is 3.70. The second kappa shape index (κ2) is 6.05. The molecule has 1 N–H and O–H groups in total. The largest absolute Gasteiger partial charge is 0.373 e. The van der Waals surface area contributed by atoms with Crippen LogP contribution in [0.4, 0.5) is 11.4 Å². The van der Waals surface area contributed by atoms with E-state index in [1.54, 1.807) is 24.3 Å². The van der Waals surface area contributed by atoms with Crippen LogP contribution in [0, 0.1) is 13.8 Å². The molecule has 0 saturated carbocycles. The molecule has 0 unspecified atom stereocenters. The van der Waals surface area contributed by atoms with Crippen LogP contribution in [0.5, 0.6) is 0 Å². The average Bonchev–Trinajstić information content (AvgIpc) is 2.77. The summed E-state index contributed by atoms with van der Waals surface area (Å²) in [5.74, 6) is -0.412. The van der Waals surface area contributed by atoms with E-state index in [2.05, 4.69) is 5.32 Å². The number of carbonyl (C=O) groups is 2. The van der Waals surface area contributed by atoms with Gasteiger partial charge in [0, 0.05) is 10.7 Å². The van der Waals surface area contributed by atoms with Crippen LogP contribution < -0.4 is 10.2 Å². The fraction of sp³-hybridized carbons (Fsp3) is 0.222. The van der Waals surface area contributed by atoms with Crippen LogP contribution in [-0.4, -0.2) is 17.9 Å². The van der Waals surface area contributed by atoms with Gasteiger partial charge in [-0.3, -0.25) is 9.59 Å². The van der Waals surface area contributed by atoms with Gasteiger partial charge >= 0.3 is 0 Å². The number of hydrogen-bond donors (Lipinski definition) is 1. The molecule has 0 aliphatic carbocycles. The van der Waals surface area contributed by atoms with Crippen molar-refractivity contribution in [1.29, 1.82) is 0 Å². The van der Waals surface area contributed by atoms with Crippen molar-refractivity contribution >= 4 is 34.8 Å². The summed E-state index contributed by atoms with van der Waals surface area (Å²) in [7, 11) is 0. The highest BCUT2D eigenvalue weighted by Gasteiger charge is 2.40. The molecule has 118 valence electrons. The van der Waals surface area contributed by atoms with Crippen LogP contribution in [0.3, 0.4) is 0 Å². The number of imide groups is 1. The Bertz CT molecular complexity index is 771. The quantitative estimate of drug-likeness (QED) is 0.874. The minimum atomic E-state index is -0.552. The molecule has 4 nitrogen and oxygen atoms in total. The Morgan fingerprint density at radius 3 is 2.43 bits per heavy atom. The normalized spacial score (nSPS) is 17.7. The SMILES string of the molecule is Cc1ccc(N2C(=O)C[C@H](Nc3ccc(Cl)cc3)C2=O)c(C)c1. The molecular formula is C18H17ClN2O2. The van der Waals surface area contributed by atoms with Crippen LogP contribution >= 0.6 is 11.6 Å². The van der Waals surface area contributed by atoms with Crippen molar-refractivity contribution in [2.45, 2.75) is 26.3 Å². The molecule has 1 atom stereocenters. The summed E-state index contributed by atoms with van der Waals surface area (Å²) in [6, 6.07) is 12.2. The molecule has 1 aliphatic heterocycles. The fourth-order valence-corrected chi connectivity index (χ4v) is 2.93. The van der Waals surface area contributed by atoms with Gasteiger partial charge in [0.15, 0.2) is 0 Å². The first kappa shape index (κ1) is 15.6. The summed E-state index contributed by atoms with van der Waals surface area (Å²) >= 11 is 5.86. The second-order valence-electron chi connectivity index (χ2n) is 5.77. The van der Waals surface area contributed by atoms with Crippen molar-refractivity contribution in [2.24, 2.45) is 0 Å². The average molecular weight is 329 g/mol. The van der Waals surface area contributed by atoms with E-state index in [9.17, 15) is 9.59 Å². The van der Waals surface area contributed by atoms with E-state index >= 15 is 0 Å². The first-order valence-electron chi connectivity index (χ1n) is 7.42. The predicted molar refractivity (Wildman–Crippen MR) is 91.9 cm³/mol. The molecule has 5 heteroatoms. The number of amides is 2. The Hall–Kier alpha value is -2.33. The first-order valence-corrected chi connectivity index (χ1v) is 7.79. The van der Waals surface area contributed by atoms with Crippen molar-refractivity contribution in [3.63, 3.8) is 0 Å². The maximum absolute atomic E-state index is 12.6. The molecule has 1 fully saturated rings. The maximum Gasteiger partial charge on any atom is 0.256 e. The van der Waals surface area contributed by atoms with Crippen molar-refractivity contribution in [3.8, 4) is 0 Å². The molecule has 1 saturated heterocycles. The monoisotopic (exact) mass is 328 g/mol. The van der Waals surface area contributed by atoms with E-state index in [-0.39, 0.29) is 18.2 Å². The number of benzene rings is 2. The van der Waals surface area contributed by atoms with Crippen LogP contribution in [0.25, 0.3) is 0 Å². The molecule has 0 radical (unpaired) electrons. The summed E-state index contributed by atoms with van der Waals surface area (Å²) in [4.78, 5) is 26.2. The minimum absolute atomic E-state index is 0.148. The van der Waals surface area contributed by atoms with Gasteiger partial charge in [-0.25, -0.2) is 4.90 Å². The number of hydrogen-bond acceptors (Lipinski definition) is 3. The third kappa shape index (κ3) is 3.08. The summed E-state index contributed by atoms with van der Waals surface area (Å²) in [6.07, 6.45) is 0.148. The number of nitrogens with zero attached hydrogens (tertiary/aromatic N) is 1. The summed E-state index contributed by atoms with van der Waals surface area (Å²) in [6.45, 7) is 3.89. The second-order valence-corrected chi connectivity index (χ2v) is 6.20. The van der Waals surface area contributed by atoms with Crippen molar-refractivity contribution in [1.82, 2.24) is 0 Å². The van der Waals surface area contributed by atoms with Crippen LogP contribution in [0.1, 0.15) is 17.5 Å². The van der Waals surface area contributed by atoms with Gasteiger partial charge in [-0.1, -0.05) is 29.3 Å². The highest BCUT2D eigenvalue weighted by molar-refractivity contribution is 6.30. The number of carbonyl (C=O) groups excluding carboxylic acids is 2. The third-order valence-electron chi connectivity index (χ3n) is 3.92. The number of rotatable bonds is 3. The zero-order valence-corrected chi connectivity index (χ0v) is 13.7. The minimum Gasteiger partial charge on any atom is -0.373 e. The zero-order valence-electron chi connectivity index (χ0n) is 13.0. The number of aryl methyl sites for hydroxylation is 2. The van der Waals surface area contributed by atoms with Gasteiger partial charge in [0.05, 0.1) is 12.1 Å². The highest BCUT2D eigenvalue weighted by Crippen LogP contribution is 2.28. The van der Waals surface area contributed by atoms with E-state index in [1.807, 2.05) is 32.0 Å². The van der Waals surface area contributed by atoms with Gasteiger partial charge in [-0.15, -0.1) is 0 Å². The smallest absolute Gasteiger partial charge is 0.256 e. The standard InChI is InChI=1S/C18H17ClN2O2/c1-11-3-8-16(12(2)9-11)21-17(22)10-15(18(21)23)20-14-6-4-13(19)5-7-14/h3-9,15,20H,10H2,1-2H3/t15-/m0/s1. The molecule has 2 aromatic rings. The lowest BCUT2D eigenvalue weighted by Gasteiger charge is -2.18. The fourth-order valence-electron chi connectivity index (χ4n) is 2.80. The molecule has 0 bridgehead atoms. The lowest BCUT2D eigenvalue weighted by Crippen LogP contribution is -2.35. The van der Waals surface area contributed by atoms with Crippen LogP contribution in [0.2, 0.25) is 5.02 Å². The number of anilines is 2. The molecule has 0 spiro atoms. The maximum atomic E-state index is 12.6. The molecule has 3 rings (SSSR count). The Morgan fingerprint density at radius 1 is 1.09 bits per heavy atom. The first-order chi connectivity index (χ1) is 11.0.